The number of nitrogens with zero attached hydrogens (tertiary/aromatic N) is 2. The Morgan fingerprint density at radius 3 is 2.56 bits per heavy atom. The number of hydrogen-bond donors (Lipinski definition) is 1. The van der Waals surface area contributed by atoms with Crippen LogP contribution in [0.2, 0.25) is 0 Å². The van der Waals surface area contributed by atoms with E-state index in [0.29, 0.717) is 0 Å². The molecule has 1 aromatic carbocycles. The summed E-state index contributed by atoms with van der Waals surface area (Å²) in [5, 5.41) is 3.84. The molecule has 0 radical (unpaired) electrons. The summed E-state index contributed by atoms with van der Waals surface area (Å²) >= 11 is 0. The molecule has 0 aliphatic heterocycles. The molecule has 6 heteroatoms. The molecule has 1 heterocycles. The largest absolute Gasteiger partial charge is 0.416 e. The molecule has 1 aromatic heterocycles. The third-order valence-corrected chi connectivity index (χ3v) is 2.11. The van der Waals surface area contributed by atoms with Crippen LogP contribution >= 0.6 is 0 Å². The van der Waals surface area contributed by atoms with Crippen molar-refractivity contribution >= 4 is 5.69 Å². The van der Waals surface area contributed by atoms with Crippen LogP contribution in [0.1, 0.15) is 5.56 Å². The molecule has 2 N–H and O–H groups in total. The summed E-state index contributed by atoms with van der Waals surface area (Å²) in [5.41, 5.74) is 5.32. The van der Waals surface area contributed by atoms with Gasteiger partial charge in [-0.1, -0.05) is 0 Å². The molecule has 0 aliphatic rings. The maximum absolute atomic E-state index is 12.5. The minimum Gasteiger partial charge on any atom is -0.397 e. The van der Waals surface area contributed by atoms with Gasteiger partial charge >= 0.3 is 6.18 Å². The van der Waals surface area contributed by atoms with Crippen LogP contribution in [0.4, 0.5) is 18.9 Å². The van der Waals surface area contributed by atoms with Crippen molar-refractivity contribution in [2.45, 2.75) is 6.18 Å². The Morgan fingerprint density at radius 1 is 1.25 bits per heavy atom. The minimum absolute atomic E-state index is 0.222. The van der Waals surface area contributed by atoms with E-state index >= 15 is 0 Å². The molecule has 2 rings (SSSR count). The summed E-state index contributed by atoms with van der Waals surface area (Å²) in [6.45, 7) is 0. The Kier molecular flexibility index (Phi) is 2.34. The smallest absolute Gasteiger partial charge is 0.397 e. The first-order chi connectivity index (χ1) is 7.48. The average molecular weight is 227 g/mol. The van der Waals surface area contributed by atoms with Crippen molar-refractivity contribution < 1.29 is 13.2 Å². The zero-order valence-corrected chi connectivity index (χ0v) is 8.07. The van der Waals surface area contributed by atoms with Crippen molar-refractivity contribution in [1.82, 2.24) is 9.78 Å². The molecular formula is C10H8F3N3. The van der Waals surface area contributed by atoms with Gasteiger partial charge in [-0.3, -0.25) is 0 Å². The number of alkyl halides is 3. The number of benzene rings is 1. The number of hydrogen-bond acceptors (Lipinski definition) is 2. The molecule has 0 atom stereocenters. The quantitative estimate of drug-likeness (QED) is 0.760. The number of anilines is 1. The van der Waals surface area contributed by atoms with Crippen LogP contribution in [-0.2, 0) is 6.18 Å². The van der Waals surface area contributed by atoms with E-state index in [1.54, 1.807) is 6.07 Å². The van der Waals surface area contributed by atoms with E-state index in [9.17, 15) is 13.2 Å². The number of nitrogens with two attached hydrogens (primary N) is 1. The lowest BCUT2D eigenvalue weighted by Crippen LogP contribution is -2.08. The number of nitrogen functional groups attached to an aromatic ring is 1. The van der Waals surface area contributed by atoms with Crippen LogP contribution in [0, 0.1) is 0 Å². The summed E-state index contributed by atoms with van der Waals surface area (Å²) in [7, 11) is 0. The molecular weight excluding hydrogens is 219 g/mol. The second-order valence-corrected chi connectivity index (χ2v) is 3.22. The maximum Gasteiger partial charge on any atom is 0.416 e. The van der Waals surface area contributed by atoms with Crippen LogP contribution in [-0.4, -0.2) is 9.78 Å². The molecule has 0 unspecified atom stereocenters. The van der Waals surface area contributed by atoms with E-state index in [2.05, 4.69) is 5.10 Å². The van der Waals surface area contributed by atoms with E-state index in [1.165, 1.54) is 23.1 Å². The molecule has 84 valence electrons. The van der Waals surface area contributed by atoms with Gasteiger partial charge < -0.3 is 5.73 Å². The molecule has 0 spiro atoms. The second kappa shape index (κ2) is 3.55. The van der Waals surface area contributed by atoms with Gasteiger partial charge in [0.15, 0.2) is 0 Å². The first-order valence-electron chi connectivity index (χ1n) is 4.45. The highest BCUT2D eigenvalue weighted by atomic mass is 19.4. The zero-order valence-electron chi connectivity index (χ0n) is 8.07. The van der Waals surface area contributed by atoms with Crippen LogP contribution in [0.15, 0.2) is 36.7 Å². The highest BCUT2D eigenvalue weighted by Crippen LogP contribution is 2.32. The summed E-state index contributed by atoms with van der Waals surface area (Å²) < 4.78 is 38.7. The summed E-state index contributed by atoms with van der Waals surface area (Å²) in [6.07, 6.45) is -1.37. The number of rotatable bonds is 1. The molecule has 2 aromatic rings. The molecule has 0 amide bonds. The Hall–Kier alpha value is -1.98. The van der Waals surface area contributed by atoms with Crippen molar-refractivity contribution in [2.24, 2.45) is 0 Å². The molecule has 0 aliphatic carbocycles. The SMILES string of the molecule is Nc1ccc(C(F)(F)F)cc1-n1cccn1. The van der Waals surface area contributed by atoms with Crippen molar-refractivity contribution in [3.8, 4) is 5.69 Å². The Morgan fingerprint density at radius 2 is 2.00 bits per heavy atom. The summed E-state index contributed by atoms with van der Waals surface area (Å²) in [5.74, 6) is 0. The van der Waals surface area contributed by atoms with Gasteiger partial charge in [0.2, 0.25) is 0 Å². The normalized spacial score (nSPS) is 11.7. The van der Waals surface area contributed by atoms with E-state index in [1.807, 2.05) is 0 Å². The first kappa shape index (κ1) is 10.5. The Balaban J connectivity index is 2.54. The highest BCUT2D eigenvalue weighted by Gasteiger charge is 2.31. The van der Waals surface area contributed by atoms with Gasteiger partial charge in [0.1, 0.15) is 0 Å². The van der Waals surface area contributed by atoms with Crippen molar-refractivity contribution in [1.29, 1.82) is 0 Å². The molecule has 3 nitrogen and oxygen atoms in total. The first-order valence-corrected chi connectivity index (χ1v) is 4.45. The Bertz CT molecular complexity index is 489. The van der Waals surface area contributed by atoms with Gasteiger partial charge in [0.05, 0.1) is 16.9 Å². The van der Waals surface area contributed by atoms with E-state index in [4.69, 9.17) is 5.73 Å². The van der Waals surface area contributed by atoms with E-state index in [-0.39, 0.29) is 11.4 Å². The summed E-state index contributed by atoms with van der Waals surface area (Å²) in [4.78, 5) is 0. The van der Waals surface area contributed by atoms with Gasteiger partial charge in [-0.25, -0.2) is 4.68 Å². The molecule has 0 saturated heterocycles. The van der Waals surface area contributed by atoms with E-state index < -0.39 is 11.7 Å². The Labute approximate surface area is 89.3 Å². The van der Waals surface area contributed by atoms with Crippen LogP contribution in [0.3, 0.4) is 0 Å². The van der Waals surface area contributed by atoms with Crippen LogP contribution in [0.5, 0.6) is 0 Å². The topological polar surface area (TPSA) is 43.8 Å². The highest BCUT2D eigenvalue weighted by molar-refractivity contribution is 5.59. The maximum atomic E-state index is 12.5. The lowest BCUT2D eigenvalue weighted by Gasteiger charge is -2.10. The molecule has 0 saturated carbocycles. The van der Waals surface area contributed by atoms with Gasteiger partial charge in [0.25, 0.3) is 0 Å². The van der Waals surface area contributed by atoms with Gasteiger partial charge in [-0.05, 0) is 24.3 Å². The predicted molar refractivity (Wildman–Crippen MR) is 53.0 cm³/mol. The average Bonchev–Trinajstić information content (AvgIpc) is 2.69. The standard InChI is InChI=1S/C10H8F3N3/c11-10(12,13)7-2-3-8(14)9(6-7)16-5-1-4-15-16/h1-6H,14H2. The summed E-state index contributed by atoms with van der Waals surface area (Å²) in [6, 6.07) is 4.75. The number of halogens is 3. The fraction of sp³-hybridized carbons (Fsp3) is 0.100. The van der Waals surface area contributed by atoms with Crippen LogP contribution in [0.25, 0.3) is 5.69 Å². The predicted octanol–water partition coefficient (Wildman–Crippen LogP) is 2.47. The monoisotopic (exact) mass is 227 g/mol. The van der Waals surface area contributed by atoms with Crippen molar-refractivity contribution in [2.75, 3.05) is 5.73 Å². The van der Waals surface area contributed by atoms with Gasteiger partial charge in [-0.15, -0.1) is 0 Å². The van der Waals surface area contributed by atoms with Crippen molar-refractivity contribution in [3.05, 3.63) is 42.2 Å². The second-order valence-electron chi connectivity index (χ2n) is 3.22. The lowest BCUT2D eigenvalue weighted by molar-refractivity contribution is -0.137. The molecule has 0 bridgehead atoms. The minimum atomic E-state index is -4.38. The third kappa shape index (κ3) is 1.86. The third-order valence-electron chi connectivity index (χ3n) is 2.11. The zero-order chi connectivity index (χ0) is 11.8. The fourth-order valence-electron chi connectivity index (χ4n) is 1.33. The number of aromatic nitrogens is 2. The van der Waals surface area contributed by atoms with Crippen molar-refractivity contribution in [3.63, 3.8) is 0 Å². The van der Waals surface area contributed by atoms with Gasteiger partial charge in [-0.2, -0.15) is 18.3 Å². The van der Waals surface area contributed by atoms with Crippen LogP contribution < -0.4 is 5.73 Å². The van der Waals surface area contributed by atoms with E-state index in [0.717, 1.165) is 12.1 Å². The molecule has 16 heavy (non-hydrogen) atoms. The molecule has 0 fully saturated rings. The fourth-order valence-corrected chi connectivity index (χ4v) is 1.33. The van der Waals surface area contributed by atoms with Gasteiger partial charge in [0, 0.05) is 12.4 Å². The lowest BCUT2D eigenvalue weighted by atomic mass is 10.1.